The predicted molar refractivity (Wildman–Crippen MR) is 85.8 cm³/mol. The zero-order valence-electron chi connectivity index (χ0n) is 12.0. The highest BCUT2D eigenvalue weighted by atomic mass is 32.2. The summed E-state index contributed by atoms with van der Waals surface area (Å²) in [5.74, 6) is 0.0884. The van der Waals surface area contributed by atoms with E-state index < -0.39 is 9.84 Å². The molecule has 0 radical (unpaired) electrons. The minimum Gasteiger partial charge on any atom is -0.380 e. The van der Waals surface area contributed by atoms with E-state index in [2.05, 4.69) is 5.32 Å². The Kier molecular flexibility index (Phi) is 4.98. The number of anilines is 1. The van der Waals surface area contributed by atoms with Gasteiger partial charge in [0, 0.05) is 13.1 Å². The van der Waals surface area contributed by atoms with Crippen molar-refractivity contribution >= 4 is 15.5 Å². The number of nitrogens with one attached hydrogen (secondary N) is 1. The Morgan fingerprint density at radius 3 is 2.29 bits per heavy atom. The fourth-order valence-electron chi connectivity index (χ4n) is 2.16. The van der Waals surface area contributed by atoms with Crippen LogP contribution in [0.1, 0.15) is 18.1 Å². The van der Waals surface area contributed by atoms with E-state index in [1.165, 1.54) is 0 Å². The lowest BCUT2D eigenvalue weighted by atomic mass is 10.1. The van der Waals surface area contributed by atoms with Crippen LogP contribution in [0.3, 0.4) is 0 Å². The van der Waals surface area contributed by atoms with E-state index in [0.29, 0.717) is 23.7 Å². The standard InChI is InChI=1S/C16H20N2O2S/c1-2-21(19,20)16-10-6-5-9-15(16)18-12-14-8-4-3-7-13(14)11-17/h3-10,18H,2,11-12,17H2,1H3. The summed E-state index contributed by atoms with van der Waals surface area (Å²) in [6, 6.07) is 14.8. The van der Waals surface area contributed by atoms with Gasteiger partial charge in [-0.15, -0.1) is 0 Å². The largest absolute Gasteiger partial charge is 0.380 e. The van der Waals surface area contributed by atoms with Crippen LogP contribution in [-0.4, -0.2) is 14.2 Å². The molecule has 2 rings (SSSR count). The Morgan fingerprint density at radius 2 is 1.62 bits per heavy atom. The van der Waals surface area contributed by atoms with Gasteiger partial charge in [-0.2, -0.15) is 0 Å². The Bertz CT molecular complexity index is 712. The molecule has 0 aromatic heterocycles. The van der Waals surface area contributed by atoms with Crippen molar-refractivity contribution in [3.05, 3.63) is 59.7 Å². The second-order valence-corrected chi connectivity index (χ2v) is 6.97. The summed E-state index contributed by atoms with van der Waals surface area (Å²) in [6.07, 6.45) is 0. The normalized spacial score (nSPS) is 11.3. The first-order chi connectivity index (χ1) is 10.1. The number of hydrogen-bond donors (Lipinski definition) is 2. The predicted octanol–water partition coefficient (Wildman–Crippen LogP) is 2.55. The first-order valence-electron chi connectivity index (χ1n) is 6.91. The summed E-state index contributed by atoms with van der Waals surface area (Å²) in [6.45, 7) is 2.66. The van der Waals surface area contributed by atoms with E-state index in [4.69, 9.17) is 5.73 Å². The molecule has 2 aromatic carbocycles. The van der Waals surface area contributed by atoms with Crippen LogP contribution in [0.5, 0.6) is 0 Å². The number of benzene rings is 2. The second kappa shape index (κ2) is 6.74. The van der Waals surface area contributed by atoms with Crippen LogP contribution in [-0.2, 0) is 22.9 Å². The molecule has 0 fully saturated rings. The van der Waals surface area contributed by atoms with Gasteiger partial charge in [-0.3, -0.25) is 0 Å². The molecule has 3 N–H and O–H groups in total. The third-order valence-electron chi connectivity index (χ3n) is 3.41. The SMILES string of the molecule is CCS(=O)(=O)c1ccccc1NCc1ccccc1CN. The maximum atomic E-state index is 12.1. The number of rotatable bonds is 6. The van der Waals surface area contributed by atoms with Crippen molar-refractivity contribution < 1.29 is 8.42 Å². The summed E-state index contributed by atoms with van der Waals surface area (Å²) in [7, 11) is -3.24. The van der Waals surface area contributed by atoms with Gasteiger partial charge >= 0.3 is 0 Å². The number of sulfone groups is 1. The smallest absolute Gasteiger partial charge is 0.180 e. The summed E-state index contributed by atoms with van der Waals surface area (Å²) in [5, 5.41) is 3.21. The molecule has 21 heavy (non-hydrogen) atoms. The molecule has 4 nitrogen and oxygen atoms in total. The molecule has 0 saturated carbocycles. The van der Waals surface area contributed by atoms with Crippen LogP contribution >= 0.6 is 0 Å². The van der Waals surface area contributed by atoms with Crippen LogP contribution in [0.4, 0.5) is 5.69 Å². The second-order valence-electron chi connectivity index (χ2n) is 4.73. The molecule has 0 aliphatic carbocycles. The molecule has 5 heteroatoms. The van der Waals surface area contributed by atoms with Gasteiger partial charge in [0.25, 0.3) is 0 Å². The van der Waals surface area contributed by atoms with Crippen molar-refractivity contribution in [1.82, 2.24) is 0 Å². The molecule has 112 valence electrons. The minimum absolute atomic E-state index is 0.0884. The first kappa shape index (κ1) is 15.5. The van der Waals surface area contributed by atoms with Gasteiger partial charge in [0.05, 0.1) is 16.3 Å². The van der Waals surface area contributed by atoms with Crippen LogP contribution in [0.25, 0.3) is 0 Å². The Hall–Kier alpha value is -1.85. The molecule has 0 aliphatic heterocycles. The lowest BCUT2D eigenvalue weighted by molar-refractivity contribution is 0.597. The molecule has 0 unspecified atom stereocenters. The molecular formula is C16H20N2O2S. The molecule has 0 spiro atoms. The molecule has 0 atom stereocenters. The van der Waals surface area contributed by atoms with Gasteiger partial charge in [-0.25, -0.2) is 8.42 Å². The maximum absolute atomic E-state index is 12.1. The average Bonchev–Trinajstić information content (AvgIpc) is 2.53. The van der Waals surface area contributed by atoms with Gasteiger partial charge in [-0.05, 0) is 23.3 Å². The lowest BCUT2D eigenvalue weighted by Gasteiger charge is -2.13. The Morgan fingerprint density at radius 1 is 1.00 bits per heavy atom. The van der Waals surface area contributed by atoms with E-state index in [9.17, 15) is 8.42 Å². The van der Waals surface area contributed by atoms with Crippen LogP contribution in [0, 0.1) is 0 Å². The quantitative estimate of drug-likeness (QED) is 0.860. The fourth-order valence-corrected chi connectivity index (χ4v) is 3.23. The zero-order valence-corrected chi connectivity index (χ0v) is 12.9. The van der Waals surface area contributed by atoms with E-state index in [0.717, 1.165) is 11.1 Å². The van der Waals surface area contributed by atoms with Gasteiger partial charge < -0.3 is 11.1 Å². The van der Waals surface area contributed by atoms with Crippen LogP contribution in [0.2, 0.25) is 0 Å². The van der Waals surface area contributed by atoms with Crippen molar-refractivity contribution in [3.63, 3.8) is 0 Å². The highest BCUT2D eigenvalue weighted by Gasteiger charge is 2.15. The fraction of sp³-hybridized carbons (Fsp3) is 0.250. The molecule has 0 bridgehead atoms. The third-order valence-corrected chi connectivity index (χ3v) is 5.20. The first-order valence-corrected chi connectivity index (χ1v) is 8.56. The topological polar surface area (TPSA) is 72.2 Å². The van der Waals surface area contributed by atoms with Gasteiger partial charge in [0.1, 0.15) is 0 Å². The monoisotopic (exact) mass is 304 g/mol. The maximum Gasteiger partial charge on any atom is 0.180 e. The van der Waals surface area contributed by atoms with Crippen LogP contribution in [0.15, 0.2) is 53.4 Å². The highest BCUT2D eigenvalue weighted by Crippen LogP contribution is 2.23. The van der Waals surface area contributed by atoms with Gasteiger partial charge in [0.15, 0.2) is 9.84 Å². The minimum atomic E-state index is -3.24. The molecular weight excluding hydrogens is 284 g/mol. The Labute approximate surface area is 125 Å². The number of para-hydroxylation sites is 1. The van der Waals surface area contributed by atoms with Crippen molar-refractivity contribution in [3.8, 4) is 0 Å². The molecule has 0 amide bonds. The summed E-state index contributed by atoms with van der Waals surface area (Å²) in [4.78, 5) is 0.345. The number of nitrogens with two attached hydrogens (primary N) is 1. The van der Waals surface area contributed by atoms with Crippen molar-refractivity contribution in [2.45, 2.75) is 24.9 Å². The van der Waals surface area contributed by atoms with Gasteiger partial charge in [0.2, 0.25) is 0 Å². The number of hydrogen-bond acceptors (Lipinski definition) is 4. The lowest BCUT2D eigenvalue weighted by Crippen LogP contribution is -2.10. The highest BCUT2D eigenvalue weighted by molar-refractivity contribution is 7.91. The van der Waals surface area contributed by atoms with Crippen molar-refractivity contribution in [2.24, 2.45) is 5.73 Å². The molecule has 0 heterocycles. The van der Waals surface area contributed by atoms with Gasteiger partial charge in [-0.1, -0.05) is 43.3 Å². The van der Waals surface area contributed by atoms with Crippen LogP contribution < -0.4 is 11.1 Å². The zero-order chi connectivity index (χ0) is 15.3. The van der Waals surface area contributed by atoms with Crippen molar-refractivity contribution in [1.29, 1.82) is 0 Å². The molecule has 0 saturated heterocycles. The van der Waals surface area contributed by atoms with Crippen molar-refractivity contribution in [2.75, 3.05) is 11.1 Å². The van der Waals surface area contributed by atoms with E-state index in [1.54, 1.807) is 25.1 Å². The average molecular weight is 304 g/mol. The van der Waals surface area contributed by atoms with E-state index >= 15 is 0 Å². The van der Waals surface area contributed by atoms with E-state index in [1.807, 2.05) is 30.3 Å². The summed E-state index contributed by atoms with van der Waals surface area (Å²) < 4.78 is 24.2. The third kappa shape index (κ3) is 3.62. The summed E-state index contributed by atoms with van der Waals surface area (Å²) in [5.41, 5.74) is 8.48. The molecule has 0 aliphatic rings. The summed E-state index contributed by atoms with van der Waals surface area (Å²) >= 11 is 0. The van der Waals surface area contributed by atoms with E-state index in [-0.39, 0.29) is 5.75 Å². The Balaban J connectivity index is 2.25. The molecule has 2 aromatic rings.